The van der Waals surface area contributed by atoms with Gasteiger partial charge in [-0.2, -0.15) is 0 Å². The first-order valence-electron chi connectivity index (χ1n) is 6.87. The van der Waals surface area contributed by atoms with E-state index >= 15 is 0 Å². The first kappa shape index (κ1) is 13.9. The van der Waals surface area contributed by atoms with Crippen molar-refractivity contribution in [1.29, 1.82) is 0 Å². The number of nitrogens with one attached hydrogen (secondary N) is 2. The first-order valence-corrected chi connectivity index (χ1v) is 6.87. The molecule has 1 amide bonds. The predicted octanol–water partition coefficient (Wildman–Crippen LogP) is 2.41. The molecule has 1 aromatic carbocycles. The van der Waals surface area contributed by atoms with E-state index in [0.717, 1.165) is 5.92 Å². The molecule has 2 rings (SSSR count). The molecule has 0 aromatic heterocycles. The maximum Gasteiger partial charge on any atom is 0.238 e. The Kier molecular flexibility index (Phi) is 4.80. The molecule has 1 unspecified atom stereocenters. The Morgan fingerprint density at radius 2 is 2.16 bits per heavy atom. The van der Waals surface area contributed by atoms with E-state index in [1.54, 1.807) is 7.11 Å². The molecule has 1 aliphatic rings. The highest BCUT2D eigenvalue weighted by Crippen LogP contribution is 2.29. The molecule has 0 radical (unpaired) electrons. The minimum atomic E-state index is -0.0318. The van der Waals surface area contributed by atoms with Crippen molar-refractivity contribution in [3.05, 3.63) is 24.3 Å². The number of carbonyl (C=O) groups excluding carboxylic acids is 1. The number of rotatable bonds is 6. The van der Waals surface area contributed by atoms with E-state index in [0.29, 0.717) is 24.0 Å². The van der Waals surface area contributed by atoms with Crippen LogP contribution in [0.25, 0.3) is 0 Å². The number of hydrogen-bond acceptors (Lipinski definition) is 3. The number of anilines is 1. The Morgan fingerprint density at radius 1 is 1.42 bits per heavy atom. The monoisotopic (exact) mass is 262 g/mol. The minimum Gasteiger partial charge on any atom is -0.495 e. The fourth-order valence-electron chi connectivity index (χ4n) is 2.30. The fraction of sp³-hybridized carbons (Fsp3) is 0.533. The van der Waals surface area contributed by atoms with E-state index in [2.05, 4.69) is 17.6 Å². The molecule has 0 spiro atoms. The third-order valence-corrected chi connectivity index (χ3v) is 3.82. The summed E-state index contributed by atoms with van der Waals surface area (Å²) in [6, 6.07) is 7.84. The van der Waals surface area contributed by atoms with Crippen LogP contribution < -0.4 is 15.4 Å². The minimum absolute atomic E-state index is 0.0318. The Balaban J connectivity index is 1.80. The van der Waals surface area contributed by atoms with E-state index in [1.165, 1.54) is 19.3 Å². The second kappa shape index (κ2) is 6.57. The van der Waals surface area contributed by atoms with Crippen molar-refractivity contribution in [2.45, 2.75) is 32.2 Å². The Morgan fingerprint density at radius 3 is 2.79 bits per heavy atom. The average Bonchev–Trinajstić information content (AvgIpc) is 2.35. The molecule has 1 atom stereocenters. The van der Waals surface area contributed by atoms with Crippen LogP contribution in [0, 0.1) is 5.92 Å². The second-order valence-electron chi connectivity index (χ2n) is 5.11. The van der Waals surface area contributed by atoms with Gasteiger partial charge in [-0.3, -0.25) is 4.79 Å². The van der Waals surface area contributed by atoms with Gasteiger partial charge in [0.05, 0.1) is 19.3 Å². The third-order valence-electron chi connectivity index (χ3n) is 3.82. The van der Waals surface area contributed by atoms with Crippen molar-refractivity contribution in [3.63, 3.8) is 0 Å². The molecule has 0 heterocycles. The van der Waals surface area contributed by atoms with Crippen LogP contribution >= 0.6 is 0 Å². The lowest BCUT2D eigenvalue weighted by molar-refractivity contribution is -0.115. The van der Waals surface area contributed by atoms with Crippen molar-refractivity contribution >= 4 is 11.6 Å². The van der Waals surface area contributed by atoms with E-state index in [9.17, 15) is 4.79 Å². The van der Waals surface area contributed by atoms with Gasteiger partial charge >= 0.3 is 0 Å². The van der Waals surface area contributed by atoms with Crippen LogP contribution in [0.4, 0.5) is 5.69 Å². The number of benzene rings is 1. The smallest absolute Gasteiger partial charge is 0.238 e. The normalized spacial score (nSPS) is 16.5. The molecule has 2 N–H and O–H groups in total. The van der Waals surface area contributed by atoms with Gasteiger partial charge in [-0.15, -0.1) is 0 Å². The topological polar surface area (TPSA) is 50.4 Å². The van der Waals surface area contributed by atoms with E-state index in [4.69, 9.17) is 4.74 Å². The number of para-hydroxylation sites is 2. The maximum atomic E-state index is 11.9. The van der Waals surface area contributed by atoms with Gasteiger partial charge in [0.25, 0.3) is 0 Å². The maximum absolute atomic E-state index is 11.9. The summed E-state index contributed by atoms with van der Waals surface area (Å²) in [5.41, 5.74) is 0.716. The molecule has 1 fully saturated rings. The zero-order chi connectivity index (χ0) is 13.7. The number of methoxy groups -OCH3 is 1. The highest BCUT2D eigenvalue weighted by Gasteiger charge is 2.23. The molecule has 4 nitrogen and oxygen atoms in total. The van der Waals surface area contributed by atoms with Gasteiger partial charge in [0.15, 0.2) is 0 Å². The van der Waals surface area contributed by atoms with E-state index in [-0.39, 0.29) is 5.91 Å². The lowest BCUT2D eigenvalue weighted by atomic mass is 9.80. The summed E-state index contributed by atoms with van der Waals surface area (Å²) < 4.78 is 5.20. The van der Waals surface area contributed by atoms with Crippen LogP contribution in [0.3, 0.4) is 0 Å². The molecule has 19 heavy (non-hydrogen) atoms. The molecule has 0 bridgehead atoms. The van der Waals surface area contributed by atoms with Gasteiger partial charge < -0.3 is 15.4 Å². The van der Waals surface area contributed by atoms with Crippen molar-refractivity contribution in [3.8, 4) is 5.75 Å². The standard InChI is InChI=1S/C15H22N2O2/c1-11(12-6-5-7-12)16-10-15(18)17-13-8-3-4-9-14(13)19-2/h3-4,8-9,11-12,16H,5-7,10H2,1-2H3,(H,17,18). The van der Waals surface area contributed by atoms with Gasteiger partial charge in [0.1, 0.15) is 5.75 Å². The van der Waals surface area contributed by atoms with Crippen LogP contribution in [0.5, 0.6) is 5.75 Å². The highest BCUT2D eigenvalue weighted by atomic mass is 16.5. The summed E-state index contributed by atoms with van der Waals surface area (Å²) in [7, 11) is 1.60. The van der Waals surface area contributed by atoms with Gasteiger partial charge in [0, 0.05) is 6.04 Å². The van der Waals surface area contributed by atoms with Gasteiger partial charge in [-0.05, 0) is 37.8 Å². The Labute approximate surface area is 114 Å². The lowest BCUT2D eigenvalue weighted by Crippen LogP contribution is -2.41. The Hall–Kier alpha value is -1.55. The van der Waals surface area contributed by atoms with Crippen molar-refractivity contribution in [2.75, 3.05) is 19.0 Å². The SMILES string of the molecule is COc1ccccc1NC(=O)CNC(C)C1CCC1. The first-order chi connectivity index (χ1) is 9.20. The summed E-state index contributed by atoms with van der Waals surface area (Å²) in [6.45, 7) is 2.50. The summed E-state index contributed by atoms with van der Waals surface area (Å²) in [4.78, 5) is 11.9. The Bertz CT molecular complexity index is 430. The predicted molar refractivity (Wildman–Crippen MR) is 76.4 cm³/mol. The van der Waals surface area contributed by atoms with Gasteiger partial charge in [-0.1, -0.05) is 18.6 Å². The number of carbonyl (C=O) groups is 1. The molecular weight excluding hydrogens is 240 g/mol. The second-order valence-corrected chi connectivity index (χ2v) is 5.11. The quantitative estimate of drug-likeness (QED) is 0.827. The number of hydrogen-bond donors (Lipinski definition) is 2. The largest absolute Gasteiger partial charge is 0.495 e. The van der Waals surface area contributed by atoms with Crippen LogP contribution in [0.1, 0.15) is 26.2 Å². The summed E-state index contributed by atoms with van der Waals surface area (Å²) >= 11 is 0. The molecule has 1 aliphatic carbocycles. The average molecular weight is 262 g/mol. The summed E-state index contributed by atoms with van der Waals surface area (Å²) in [5, 5.41) is 6.15. The van der Waals surface area contributed by atoms with Crippen LogP contribution in [0.15, 0.2) is 24.3 Å². The molecule has 1 aromatic rings. The molecule has 4 heteroatoms. The van der Waals surface area contributed by atoms with E-state index in [1.807, 2.05) is 24.3 Å². The van der Waals surface area contributed by atoms with Gasteiger partial charge in [0.2, 0.25) is 5.91 Å². The zero-order valence-electron chi connectivity index (χ0n) is 11.6. The highest BCUT2D eigenvalue weighted by molar-refractivity contribution is 5.93. The van der Waals surface area contributed by atoms with Crippen LogP contribution in [-0.4, -0.2) is 25.6 Å². The fourth-order valence-corrected chi connectivity index (χ4v) is 2.30. The van der Waals surface area contributed by atoms with Crippen molar-refractivity contribution in [2.24, 2.45) is 5.92 Å². The number of amides is 1. The molecule has 1 saturated carbocycles. The molecular formula is C15H22N2O2. The van der Waals surface area contributed by atoms with Crippen molar-refractivity contribution < 1.29 is 9.53 Å². The van der Waals surface area contributed by atoms with Crippen LogP contribution in [-0.2, 0) is 4.79 Å². The third kappa shape index (κ3) is 3.70. The molecule has 0 aliphatic heterocycles. The molecule has 104 valence electrons. The zero-order valence-corrected chi connectivity index (χ0v) is 11.6. The lowest BCUT2D eigenvalue weighted by Gasteiger charge is -2.31. The van der Waals surface area contributed by atoms with Crippen molar-refractivity contribution in [1.82, 2.24) is 5.32 Å². The summed E-state index contributed by atoms with van der Waals surface area (Å²) in [6.07, 6.45) is 3.88. The number of ether oxygens (including phenoxy) is 1. The van der Waals surface area contributed by atoms with Gasteiger partial charge in [-0.25, -0.2) is 0 Å². The van der Waals surface area contributed by atoms with E-state index < -0.39 is 0 Å². The summed E-state index contributed by atoms with van der Waals surface area (Å²) in [5.74, 6) is 1.39. The van der Waals surface area contributed by atoms with Crippen LogP contribution in [0.2, 0.25) is 0 Å². The molecule has 0 saturated heterocycles.